The quantitative estimate of drug-likeness (QED) is 0.694. The molecule has 3 aromatic rings. The lowest BCUT2D eigenvalue weighted by Gasteiger charge is -2.10. The molecule has 3 rings (SSSR count). The van der Waals surface area contributed by atoms with Crippen molar-refractivity contribution in [3.05, 3.63) is 53.8 Å². The van der Waals surface area contributed by atoms with Crippen molar-refractivity contribution in [3.63, 3.8) is 0 Å². The van der Waals surface area contributed by atoms with Crippen molar-refractivity contribution in [1.29, 1.82) is 0 Å². The van der Waals surface area contributed by atoms with Gasteiger partial charge in [0.05, 0.1) is 11.2 Å². The number of rotatable bonds is 3. The molecule has 5 nitrogen and oxygen atoms in total. The van der Waals surface area contributed by atoms with E-state index in [0.29, 0.717) is 11.3 Å². The number of aromatic nitrogens is 3. The van der Waals surface area contributed by atoms with Crippen molar-refractivity contribution < 1.29 is 13.9 Å². The van der Waals surface area contributed by atoms with Gasteiger partial charge in [0.1, 0.15) is 17.9 Å². The van der Waals surface area contributed by atoms with E-state index in [2.05, 4.69) is 10.3 Å². The van der Waals surface area contributed by atoms with Crippen molar-refractivity contribution in [2.24, 2.45) is 0 Å². The number of ether oxygens (including phenoxy) is 1. The molecule has 0 aliphatic heterocycles. The Hall–Kier alpha value is -2.76. The monoisotopic (exact) mass is 285 g/mol. The minimum atomic E-state index is -0.423. The molecule has 0 radical (unpaired) electrons. The SMILES string of the molecule is CC(=O)OCc1cc(F)ccc1-n1nnc2ccccc21. The number of carbonyl (C=O) groups is 1. The fraction of sp³-hybridized carbons (Fsp3) is 0.133. The second-order valence-corrected chi connectivity index (χ2v) is 4.54. The van der Waals surface area contributed by atoms with Crippen LogP contribution in [0.5, 0.6) is 0 Å². The van der Waals surface area contributed by atoms with Gasteiger partial charge in [-0.25, -0.2) is 9.07 Å². The molecule has 0 spiro atoms. The van der Waals surface area contributed by atoms with Crippen molar-refractivity contribution in [2.45, 2.75) is 13.5 Å². The van der Waals surface area contributed by atoms with Crippen molar-refractivity contribution >= 4 is 17.0 Å². The van der Waals surface area contributed by atoms with Crippen LogP contribution in [0, 0.1) is 5.82 Å². The van der Waals surface area contributed by atoms with Crippen LogP contribution >= 0.6 is 0 Å². The van der Waals surface area contributed by atoms with E-state index < -0.39 is 11.8 Å². The molecule has 0 aliphatic rings. The summed E-state index contributed by atoms with van der Waals surface area (Å²) in [6.45, 7) is 1.29. The van der Waals surface area contributed by atoms with Gasteiger partial charge in [0.2, 0.25) is 0 Å². The molecule has 21 heavy (non-hydrogen) atoms. The van der Waals surface area contributed by atoms with Crippen LogP contribution < -0.4 is 0 Å². The highest BCUT2D eigenvalue weighted by molar-refractivity contribution is 5.76. The molecule has 0 saturated carbocycles. The standard InChI is InChI=1S/C15H12FN3O2/c1-10(20)21-9-11-8-12(16)6-7-14(11)19-15-5-3-2-4-13(15)17-18-19/h2-8H,9H2,1H3. The lowest BCUT2D eigenvalue weighted by Crippen LogP contribution is -2.06. The molecular formula is C15H12FN3O2. The summed E-state index contributed by atoms with van der Waals surface area (Å²) in [5.41, 5.74) is 2.70. The Kier molecular flexibility index (Phi) is 3.35. The van der Waals surface area contributed by atoms with E-state index in [1.807, 2.05) is 24.3 Å². The molecule has 0 saturated heterocycles. The molecule has 6 heteroatoms. The lowest BCUT2D eigenvalue weighted by molar-refractivity contribution is -0.142. The maximum absolute atomic E-state index is 13.4. The smallest absolute Gasteiger partial charge is 0.302 e. The molecule has 1 aromatic heterocycles. The number of hydrogen-bond acceptors (Lipinski definition) is 4. The van der Waals surface area contributed by atoms with E-state index in [0.717, 1.165) is 11.0 Å². The highest BCUT2D eigenvalue weighted by Crippen LogP contribution is 2.21. The molecular weight excluding hydrogens is 273 g/mol. The summed E-state index contributed by atoms with van der Waals surface area (Å²) >= 11 is 0. The van der Waals surface area contributed by atoms with Gasteiger partial charge in [-0.3, -0.25) is 4.79 Å². The van der Waals surface area contributed by atoms with E-state index in [9.17, 15) is 9.18 Å². The summed E-state index contributed by atoms with van der Waals surface area (Å²) in [4.78, 5) is 11.0. The first-order valence-corrected chi connectivity index (χ1v) is 6.38. The van der Waals surface area contributed by atoms with Gasteiger partial charge in [0, 0.05) is 12.5 Å². The van der Waals surface area contributed by atoms with Crippen LogP contribution in [0.4, 0.5) is 4.39 Å². The van der Waals surface area contributed by atoms with E-state index in [4.69, 9.17) is 4.74 Å². The van der Waals surface area contributed by atoms with Gasteiger partial charge in [-0.15, -0.1) is 5.10 Å². The van der Waals surface area contributed by atoms with Crippen molar-refractivity contribution in [2.75, 3.05) is 0 Å². The molecule has 0 aliphatic carbocycles. The van der Waals surface area contributed by atoms with E-state index in [1.54, 1.807) is 10.7 Å². The van der Waals surface area contributed by atoms with Gasteiger partial charge in [0.25, 0.3) is 0 Å². The van der Waals surface area contributed by atoms with E-state index in [-0.39, 0.29) is 6.61 Å². The topological polar surface area (TPSA) is 57.0 Å². The van der Waals surface area contributed by atoms with Crippen LogP contribution in [0.15, 0.2) is 42.5 Å². The van der Waals surface area contributed by atoms with Crippen LogP contribution in [-0.2, 0) is 16.1 Å². The van der Waals surface area contributed by atoms with E-state index >= 15 is 0 Å². The first-order valence-electron chi connectivity index (χ1n) is 6.38. The van der Waals surface area contributed by atoms with Gasteiger partial charge in [0.15, 0.2) is 0 Å². The van der Waals surface area contributed by atoms with Crippen LogP contribution in [0.2, 0.25) is 0 Å². The third-order valence-electron chi connectivity index (χ3n) is 3.05. The number of esters is 1. The Bertz CT molecular complexity index is 814. The molecule has 0 N–H and O–H groups in total. The largest absolute Gasteiger partial charge is 0.461 e. The number of hydrogen-bond donors (Lipinski definition) is 0. The predicted octanol–water partition coefficient (Wildman–Crippen LogP) is 2.62. The predicted molar refractivity (Wildman–Crippen MR) is 74.3 cm³/mol. The number of para-hydroxylation sites is 1. The zero-order valence-corrected chi connectivity index (χ0v) is 11.3. The summed E-state index contributed by atoms with van der Waals surface area (Å²) in [6, 6.07) is 11.7. The average molecular weight is 285 g/mol. The van der Waals surface area contributed by atoms with Gasteiger partial charge < -0.3 is 4.74 Å². The fourth-order valence-corrected chi connectivity index (χ4v) is 2.10. The Morgan fingerprint density at radius 3 is 2.90 bits per heavy atom. The van der Waals surface area contributed by atoms with Gasteiger partial charge in [-0.05, 0) is 30.3 Å². The second-order valence-electron chi connectivity index (χ2n) is 4.54. The summed E-state index contributed by atoms with van der Waals surface area (Å²) in [5.74, 6) is -0.820. The van der Waals surface area contributed by atoms with Crippen LogP contribution in [-0.4, -0.2) is 21.0 Å². The summed E-state index contributed by atoms with van der Waals surface area (Å²) in [7, 11) is 0. The minimum absolute atomic E-state index is 0.0172. The number of nitrogens with zero attached hydrogens (tertiary/aromatic N) is 3. The zero-order chi connectivity index (χ0) is 14.8. The summed E-state index contributed by atoms with van der Waals surface area (Å²) < 4.78 is 20.0. The van der Waals surface area contributed by atoms with Gasteiger partial charge in [-0.1, -0.05) is 17.3 Å². The number of carbonyl (C=O) groups excluding carboxylic acids is 1. The number of benzene rings is 2. The zero-order valence-electron chi connectivity index (χ0n) is 11.3. The normalized spacial score (nSPS) is 10.8. The molecule has 106 valence electrons. The third kappa shape index (κ3) is 2.60. The molecule has 0 amide bonds. The molecule has 0 fully saturated rings. The third-order valence-corrected chi connectivity index (χ3v) is 3.05. The maximum Gasteiger partial charge on any atom is 0.302 e. The van der Waals surface area contributed by atoms with Crippen LogP contribution in [0.25, 0.3) is 16.7 Å². The highest BCUT2D eigenvalue weighted by Gasteiger charge is 2.12. The Morgan fingerprint density at radius 1 is 1.29 bits per heavy atom. The number of halogens is 1. The molecule has 0 bridgehead atoms. The lowest BCUT2D eigenvalue weighted by atomic mass is 10.1. The Labute approximate surface area is 120 Å². The average Bonchev–Trinajstić information content (AvgIpc) is 2.89. The fourth-order valence-electron chi connectivity index (χ4n) is 2.10. The summed E-state index contributed by atoms with van der Waals surface area (Å²) in [6.07, 6.45) is 0. The van der Waals surface area contributed by atoms with Gasteiger partial charge in [-0.2, -0.15) is 0 Å². The van der Waals surface area contributed by atoms with Crippen molar-refractivity contribution in [3.8, 4) is 5.69 Å². The Balaban J connectivity index is 2.11. The first kappa shape index (κ1) is 13.2. The summed E-state index contributed by atoms with van der Waals surface area (Å²) in [5, 5.41) is 8.15. The number of fused-ring (bicyclic) bond motifs is 1. The maximum atomic E-state index is 13.4. The van der Waals surface area contributed by atoms with Crippen molar-refractivity contribution in [1.82, 2.24) is 15.0 Å². The van der Waals surface area contributed by atoms with Gasteiger partial charge >= 0.3 is 5.97 Å². The molecule has 2 aromatic carbocycles. The second kappa shape index (κ2) is 5.32. The molecule has 0 unspecified atom stereocenters. The minimum Gasteiger partial charge on any atom is -0.461 e. The van der Waals surface area contributed by atoms with Crippen LogP contribution in [0.1, 0.15) is 12.5 Å². The Morgan fingerprint density at radius 2 is 2.10 bits per heavy atom. The molecule has 0 atom stereocenters. The molecule has 1 heterocycles. The van der Waals surface area contributed by atoms with Crippen LogP contribution in [0.3, 0.4) is 0 Å². The van der Waals surface area contributed by atoms with E-state index in [1.165, 1.54) is 19.1 Å². The first-order chi connectivity index (χ1) is 10.1. The highest BCUT2D eigenvalue weighted by atomic mass is 19.1.